The van der Waals surface area contributed by atoms with Crippen LogP contribution in [0.2, 0.25) is 19.6 Å². The third-order valence-corrected chi connectivity index (χ3v) is 4.95. The molecule has 0 atom stereocenters. The minimum atomic E-state index is -2.00. The molecule has 0 radical (unpaired) electrons. The van der Waals surface area contributed by atoms with Crippen LogP contribution in [0.3, 0.4) is 0 Å². The van der Waals surface area contributed by atoms with E-state index in [-0.39, 0.29) is 5.19 Å². The van der Waals surface area contributed by atoms with Crippen molar-refractivity contribution in [2.24, 2.45) is 0 Å². The van der Waals surface area contributed by atoms with Gasteiger partial charge in [0, 0.05) is 5.19 Å². The van der Waals surface area contributed by atoms with Gasteiger partial charge >= 0.3 is 0 Å². The third-order valence-electron chi connectivity index (χ3n) is 1.86. The van der Waals surface area contributed by atoms with Crippen molar-refractivity contribution in [3.8, 4) is 0 Å². The maximum Gasteiger partial charge on any atom is 0.139 e. The highest BCUT2D eigenvalue weighted by Gasteiger charge is 2.28. The number of hydrogen-bond acceptors (Lipinski definition) is 0. The lowest BCUT2D eigenvalue weighted by Gasteiger charge is -2.19. The van der Waals surface area contributed by atoms with Crippen molar-refractivity contribution in [2.45, 2.75) is 19.6 Å². The molecule has 0 fully saturated rings. The maximum absolute atomic E-state index is 13.7. The van der Waals surface area contributed by atoms with Gasteiger partial charge in [-0.1, -0.05) is 19.6 Å². The first kappa shape index (κ1) is 12.3. The van der Waals surface area contributed by atoms with Gasteiger partial charge in [-0.25, -0.2) is 8.78 Å². The predicted molar refractivity (Wildman–Crippen MR) is 64.7 cm³/mol. The van der Waals surface area contributed by atoms with Gasteiger partial charge in [-0.3, -0.25) is 0 Å². The second-order valence-corrected chi connectivity index (χ2v) is 10.8. The average Bonchev–Trinajstić information content (AvgIpc) is 1.98. The van der Waals surface area contributed by atoms with E-state index in [2.05, 4.69) is 31.9 Å². The molecule has 0 aliphatic carbocycles. The van der Waals surface area contributed by atoms with Gasteiger partial charge in [0.1, 0.15) is 11.6 Å². The molecule has 0 bridgehead atoms. The van der Waals surface area contributed by atoms with Gasteiger partial charge in [0.25, 0.3) is 0 Å². The fraction of sp³-hybridized carbons (Fsp3) is 0.333. The maximum atomic E-state index is 13.7. The fourth-order valence-electron chi connectivity index (χ4n) is 1.23. The summed E-state index contributed by atoms with van der Waals surface area (Å²) in [4.78, 5) is 0. The second-order valence-electron chi connectivity index (χ2n) is 4.09. The van der Waals surface area contributed by atoms with Crippen LogP contribution in [0.25, 0.3) is 0 Å². The molecule has 0 N–H and O–H groups in total. The van der Waals surface area contributed by atoms with Crippen molar-refractivity contribution in [2.75, 3.05) is 0 Å². The number of benzene rings is 1. The van der Waals surface area contributed by atoms with Crippen LogP contribution in [-0.2, 0) is 0 Å². The molecular weight excluding hydrogens is 334 g/mol. The second kappa shape index (κ2) is 4.02. The topological polar surface area (TPSA) is 0 Å². The van der Waals surface area contributed by atoms with Crippen molar-refractivity contribution < 1.29 is 8.78 Å². The van der Waals surface area contributed by atoms with Gasteiger partial charge in [0.15, 0.2) is 0 Å². The lowest BCUT2D eigenvalue weighted by Crippen LogP contribution is -2.42. The number of hydrogen-bond donors (Lipinski definition) is 0. The molecule has 1 aromatic rings. The normalized spacial score (nSPS) is 11.9. The quantitative estimate of drug-likeness (QED) is 0.533. The van der Waals surface area contributed by atoms with Crippen LogP contribution in [0, 0.1) is 11.6 Å². The lowest BCUT2D eigenvalue weighted by molar-refractivity contribution is 0.587. The van der Waals surface area contributed by atoms with E-state index >= 15 is 0 Å². The molecule has 0 spiro atoms. The summed E-state index contributed by atoms with van der Waals surface area (Å²) in [5.74, 6) is -0.935. The van der Waals surface area contributed by atoms with Crippen molar-refractivity contribution >= 4 is 45.1 Å². The Morgan fingerprint density at radius 2 is 1.36 bits per heavy atom. The fourth-order valence-corrected chi connectivity index (χ4v) is 4.35. The van der Waals surface area contributed by atoms with E-state index in [9.17, 15) is 8.78 Å². The molecule has 14 heavy (non-hydrogen) atoms. The van der Waals surface area contributed by atoms with Gasteiger partial charge < -0.3 is 0 Å². The van der Waals surface area contributed by atoms with Gasteiger partial charge in [-0.15, -0.1) is 0 Å². The zero-order chi connectivity index (χ0) is 11.1. The standard InChI is InChI=1S/C9H10Br2F2Si/c1-14(2,3)9-7(12)5(10)4-6(11)8(9)13/h4H,1-3H3. The van der Waals surface area contributed by atoms with E-state index in [1.807, 2.05) is 19.6 Å². The predicted octanol–water partition coefficient (Wildman–Crippen LogP) is 4.04. The lowest BCUT2D eigenvalue weighted by atomic mass is 10.3. The first-order valence-electron chi connectivity index (χ1n) is 4.08. The summed E-state index contributed by atoms with van der Waals surface area (Å²) in [6.07, 6.45) is 0. The first-order chi connectivity index (χ1) is 6.25. The largest absolute Gasteiger partial charge is 0.206 e. The van der Waals surface area contributed by atoms with Crippen molar-refractivity contribution in [3.05, 3.63) is 26.6 Å². The molecule has 0 nitrogen and oxygen atoms in total. The Kier molecular flexibility index (Phi) is 3.54. The van der Waals surface area contributed by atoms with E-state index in [1.54, 1.807) is 0 Å². The molecule has 5 heteroatoms. The molecule has 1 aromatic carbocycles. The molecule has 0 aliphatic heterocycles. The van der Waals surface area contributed by atoms with Crippen LogP contribution in [-0.4, -0.2) is 8.07 Å². The third kappa shape index (κ3) is 2.25. The molecule has 0 aliphatic rings. The summed E-state index contributed by atoms with van der Waals surface area (Å²) in [5, 5.41) is 0.235. The Hall–Kier alpha value is 0.257. The smallest absolute Gasteiger partial charge is 0.139 e. The minimum Gasteiger partial charge on any atom is -0.206 e. The number of halogens is 4. The highest BCUT2D eigenvalue weighted by Crippen LogP contribution is 2.25. The molecule has 1 rings (SSSR count). The minimum absolute atomic E-state index is 0.235. The summed E-state index contributed by atoms with van der Waals surface area (Å²) in [5.41, 5.74) is 0. The van der Waals surface area contributed by atoms with E-state index < -0.39 is 19.7 Å². The Morgan fingerprint density at radius 3 is 1.64 bits per heavy atom. The van der Waals surface area contributed by atoms with Crippen LogP contribution in [0.4, 0.5) is 8.78 Å². The zero-order valence-corrected chi connectivity index (χ0v) is 12.3. The van der Waals surface area contributed by atoms with Crippen LogP contribution >= 0.6 is 31.9 Å². The Bertz CT molecular complexity index is 346. The van der Waals surface area contributed by atoms with Crippen LogP contribution in [0.1, 0.15) is 0 Å². The molecule has 0 unspecified atom stereocenters. The van der Waals surface area contributed by atoms with Gasteiger partial charge in [-0.2, -0.15) is 0 Å². The van der Waals surface area contributed by atoms with E-state index in [4.69, 9.17) is 0 Å². The van der Waals surface area contributed by atoms with Crippen molar-refractivity contribution in [3.63, 3.8) is 0 Å². The monoisotopic (exact) mass is 342 g/mol. The van der Waals surface area contributed by atoms with Crippen LogP contribution in [0.15, 0.2) is 15.0 Å². The Labute approximate surface area is 100.0 Å². The summed E-state index contributed by atoms with van der Waals surface area (Å²) in [6.45, 7) is 5.73. The van der Waals surface area contributed by atoms with Crippen molar-refractivity contribution in [1.29, 1.82) is 0 Å². The first-order valence-corrected chi connectivity index (χ1v) is 9.17. The van der Waals surface area contributed by atoms with Gasteiger partial charge in [0.2, 0.25) is 0 Å². The van der Waals surface area contributed by atoms with E-state index in [1.165, 1.54) is 6.07 Å². The molecule has 0 heterocycles. The van der Waals surface area contributed by atoms with Crippen LogP contribution < -0.4 is 5.19 Å². The molecule has 0 saturated carbocycles. The zero-order valence-electron chi connectivity index (χ0n) is 8.09. The molecule has 0 amide bonds. The summed E-state index contributed by atoms with van der Waals surface area (Å²) >= 11 is 6.15. The molecular formula is C9H10Br2F2Si. The molecule has 78 valence electrons. The Morgan fingerprint density at radius 1 is 1.00 bits per heavy atom. The average molecular weight is 344 g/mol. The van der Waals surface area contributed by atoms with Crippen LogP contribution in [0.5, 0.6) is 0 Å². The summed E-state index contributed by atoms with van der Waals surface area (Å²) < 4.78 is 27.9. The van der Waals surface area contributed by atoms with Gasteiger partial charge in [0.05, 0.1) is 17.0 Å². The van der Waals surface area contributed by atoms with Crippen molar-refractivity contribution in [1.82, 2.24) is 0 Å². The SMILES string of the molecule is C[Si](C)(C)c1c(F)c(Br)cc(Br)c1F. The number of rotatable bonds is 1. The molecule has 0 saturated heterocycles. The summed E-state index contributed by atoms with van der Waals surface area (Å²) in [7, 11) is -2.00. The van der Waals surface area contributed by atoms with E-state index in [0.29, 0.717) is 8.95 Å². The molecule has 0 aromatic heterocycles. The van der Waals surface area contributed by atoms with Gasteiger partial charge in [-0.05, 0) is 37.9 Å². The summed E-state index contributed by atoms with van der Waals surface area (Å²) in [6, 6.07) is 1.40. The van der Waals surface area contributed by atoms with E-state index in [0.717, 1.165) is 0 Å². The highest BCUT2D eigenvalue weighted by atomic mass is 79.9. The highest BCUT2D eigenvalue weighted by molar-refractivity contribution is 9.11. The Balaban J connectivity index is 3.56.